The molecule has 3 rings (SSSR count). The number of carbonyl (C=O) groups excluding carboxylic acids is 2. The van der Waals surface area contributed by atoms with Crippen LogP contribution in [0.1, 0.15) is 24.8 Å². The summed E-state index contributed by atoms with van der Waals surface area (Å²) < 4.78 is 0. The van der Waals surface area contributed by atoms with Gasteiger partial charge >= 0.3 is 6.03 Å². The number of hydrogen-bond donors (Lipinski definition) is 2. The summed E-state index contributed by atoms with van der Waals surface area (Å²) in [5.74, 6) is -0.176. The number of benzene rings is 1. The Morgan fingerprint density at radius 3 is 2.95 bits per heavy atom. The van der Waals surface area contributed by atoms with Gasteiger partial charge in [-0.3, -0.25) is 9.69 Å². The molecular formula is C16H19N3O2. The van der Waals surface area contributed by atoms with E-state index in [4.69, 9.17) is 0 Å². The lowest BCUT2D eigenvalue weighted by Gasteiger charge is -2.32. The lowest BCUT2D eigenvalue weighted by atomic mass is 10.0. The van der Waals surface area contributed by atoms with Crippen LogP contribution in [0.25, 0.3) is 0 Å². The van der Waals surface area contributed by atoms with Gasteiger partial charge in [0.25, 0.3) is 0 Å². The molecule has 0 aromatic heterocycles. The van der Waals surface area contributed by atoms with Crippen LogP contribution in [-0.4, -0.2) is 24.5 Å². The number of nitrogens with one attached hydrogen (secondary N) is 2. The van der Waals surface area contributed by atoms with Crippen molar-refractivity contribution in [2.45, 2.75) is 31.7 Å². The summed E-state index contributed by atoms with van der Waals surface area (Å²) >= 11 is 0. The zero-order valence-corrected chi connectivity index (χ0v) is 11.9. The standard InChI is InChI=1S/C16H19N3O2/c1-11-8-9-13(15(20)17-11)18-16(21)19-10-4-6-12-5-2-3-7-14(12)19/h2-3,5,7,13H,1,4,6,8-10H2,(H,17,20)(H,18,21)/t13-/m0/s1. The van der Waals surface area contributed by atoms with Gasteiger partial charge < -0.3 is 10.6 Å². The maximum atomic E-state index is 12.5. The quantitative estimate of drug-likeness (QED) is 0.828. The third-order valence-electron chi connectivity index (χ3n) is 4.00. The number of aryl methyl sites for hydroxylation is 1. The average Bonchev–Trinajstić information content (AvgIpc) is 2.49. The van der Waals surface area contributed by atoms with E-state index in [-0.39, 0.29) is 11.9 Å². The Balaban J connectivity index is 1.72. The first-order valence-corrected chi connectivity index (χ1v) is 7.30. The Morgan fingerprint density at radius 1 is 1.33 bits per heavy atom. The number of carbonyl (C=O) groups is 2. The molecule has 5 nitrogen and oxygen atoms in total. The smallest absolute Gasteiger partial charge is 0.322 e. The number of amides is 3. The summed E-state index contributed by atoms with van der Waals surface area (Å²) in [5.41, 5.74) is 2.84. The van der Waals surface area contributed by atoms with Crippen LogP contribution in [0, 0.1) is 0 Å². The predicted molar refractivity (Wildman–Crippen MR) is 80.9 cm³/mol. The van der Waals surface area contributed by atoms with Crippen LogP contribution in [0.3, 0.4) is 0 Å². The van der Waals surface area contributed by atoms with Gasteiger partial charge in [0.15, 0.2) is 0 Å². The van der Waals surface area contributed by atoms with E-state index in [0.29, 0.717) is 25.1 Å². The molecule has 1 atom stereocenters. The van der Waals surface area contributed by atoms with Gasteiger partial charge in [-0.05, 0) is 37.3 Å². The lowest BCUT2D eigenvalue weighted by Crippen LogP contribution is -2.53. The highest BCUT2D eigenvalue weighted by Gasteiger charge is 2.29. The molecule has 2 heterocycles. The Morgan fingerprint density at radius 2 is 2.14 bits per heavy atom. The highest BCUT2D eigenvalue weighted by molar-refractivity contribution is 5.97. The SMILES string of the molecule is C=C1CC[C@H](NC(=O)N2CCCc3ccccc32)C(=O)N1. The van der Waals surface area contributed by atoms with Crippen molar-refractivity contribution in [3.63, 3.8) is 0 Å². The fourth-order valence-corrected chi connectivity index (χ4v) is 2.88. The van der Waals surface area contributed by atoms with Crippen LogP contribution in [0.15, 0.2) is 36.5 Å². The monoisotopic (exact) mass is 285 g/mol. The Labute approximate surface area is 124 Å². The van der Waals surface area contributed by atoms with Crippen LogP contribution in [0.4, 0.5) is 10.5 Å². The first-order valence-electron chi connectivity index (χ1n) is 7.30. The third-order valence-corrected chi connectivity index (χ3v) is 4.00. The number of rotatable bonds is 1. The summed E-state index contributed by atoms with van der Waals surface area (Å²) in [4.78, 5) is 26.1. The number of fused-ring (bicyclic) bond motifs is 1. The molecule has 110 valence electrons. The largest absolute Gasteiger partial charge is 0.329 e. The van der Waals surface area contributed by atoms with Crippen LogP contribution in [0.5, 0.6) is 0 Å². The number of piperidine rings is 1. The van der Waals surface area contributed by atoms with Crippen molar-refractivity contribution in [2.24, 2.45) is 0 Å². The molecule has 5 heteroatoms. The maximum absolute atomic E-state index is 12.5. The molecule has 1 fully saturated rings. The maximum Gasteiger partial charge on any atom is 0.322 e. The van der Waals surface area contributed by atoms with Crippen LogP contribution in [0.2, 0.25) is 0 Å². The average molecular weight is 285 g/mol. The molecule has 0 aliphatic carbocycles. The molecule has 1 aromatic carbocycles. The van der Waals surface area contributed by atoms with Crippen LogP contribution < -0.4 is 15.5 Å². The first kappa shape index (κ1) is 13.7. The zero-order valence-electron chi connectivity index (χ0n) is 11.9. The molecule has 21 heavy (non-hydrogen) atoms. The molecule has 1 saturated heterocycles. The topological polar surface area (TPSA) is 61.4 Å². The summed E-state index contributed by atoms with van der Waals surface area (Å²) in [5, 5.41) is 5.52. The molecule has 2 aliphatic rings. The van der Waals surface area contributed by atoms with Crippen molar-refractivity contribution in [1.82, 2.24) is 10.6 Å². The summed E-state index contributed by atoms with van der Waals surface area (Å²) in [7, 11) is 0. The highest BCUT2D eigenvalue weighted by atomic mass is 16.2. The van der Waals surface area contributed by atoms with E-state index in [1.807, 2.05) is 24.3 Å². The van der Waals surface area contributed by atoms with E-state index in [1.54, 1.807) is 4.90 Å². The summed E-state index contributed by atoms with van der Waals surface area (Å²) in [6, 6.07) is 7.25. The van der Waals surface area contributed by atoms with E-state index in [1.165, 1.54) is 5.56 Å². The summed E-state index contributed by atoms with van der Waals surface area (Å²) in [6.45, 7) is 4.43. The van der Waals surface area contributed by atoms with E-state index >= 15 is 0 Å². The van der Waals surface area contributed by atoms with Crippen molar-refractivity contribution in [3.8, 4) is 0 Å². The van der Waals surface area contributed by atoms with Crippen molar-refractivity contribution in [2.75, 3.05) is 11.4 Å². The van der Waals surface area contributed by atoms with E-state index in [0.717, 1.165) is 18.5 Å². The minimum atomic E-state index is -0.475. The van der Waals surface area contributed by atoms with Gasteiger partial charge in [-0.2, -0.15) is 0 Å². The summed E-state index contributed by atoms with van der Waals surface area (Å²) in [6.07, 6.45) is 3.24. The Hall–Kier alpha value is -2.30. The van der Waals surface area contributed by atoms with Gasteiger partial charge in [-0.25, -0.2) is 4.79 Å². The van der Waals surface area contributed by atoms with Gasteiger partial charge in [-0.15, -0.1) is 0 Å². The molecule has 0 spiro atoms. The molecule has 0 radical (unpaired) electrons. The first-order chi connectivity index (χ1) is 10.1. The Bertz CT molecular complexity index is 597. The highest BCUT2D eigenvalue weighted by Crippen LogP contribution is 2.26. The van der Waals surface area contributed by atoms with Crippen molar-refractivity contribution >= 4 is 17.6 Å². The zero-order chi connectivity index (χ0) is 14.8. The van der Waals surface area contributed by atoms with E-state index < -0.39 is 6.04 Å². The number of nitrogens with zero attached hydrogens (tertiary/aromatic N) is 1. The molecule has 3 amide bonds. The van der Waals surface area contributed by atoms with Crippen LogP contribution in [-0.2, 0) is 11.2 Å². The van der Waals surface area contributed by atoms with Crippen LogP contribution >= 0.6 is 0 Å². The number of allylic oxidation sites excluding steroid dienone is 1. The fourth-order valence-electron chi connectivity index (χ4n) is 2.88. The molecule has 1 aromatic rings. The van der Waals surface area contributed by atoms with Gasteiger partial charge in [-0.1, -0.05) is 24.8 Å². The van der Waals surface area contributed by atoms with Crippen molar-refractivity contribution in [3.05, 3.63) is 42.1 Å². The van der Waals surface area contributed by atoms with E-state index in [9.17, 15) is 9.59 Å². The van der Waals surface area contributed by atoms with Gasteiger partial charge in [0.05, 0.1) is 0 Å². The van der Waals surface area contributed by atoms with Crippen molar-refractivity contribution < 1.29 is 9.59 Å². The number of hydrogen-bond acceptors (Lipinski definition) is 2. The number of urea groups is 1. The fraction of sp³-hybridized carbons (Fsp3) is 0.375. The van der Waals surface area contributed by atoms with Gasteiger partial charge in [0.1, 0.15) is 6.04 Å². The number of para-hydroxylation sites is 1. The van der Waals surface area contributed by atoms with E-state index in [2.05, 4.69) is 17.2 Å². The predicted octanol–water partition coefficient (Wildman–Crippen LogP) is 1.94. The molecule has 0 unspecified atom stereocenters. The second-order valence-corrected chi connectivity index (χ2v) is 5.52. The molecule has 0 bridgehead atoms. The lowest BCUT2D eigenvalue weighted by molar-refractivity contribution is -0.123. The minimum Gasteiger partial charge on any atom is -0.329 e. The Kier molecular flexibility index (Phi) is 3.64. The third kappa shape index (κ3) is 2.77. The molecule has 2 N–H and O–H groups in total. The molecule has 2 aliphatic heterocycles. The second-order valence-electron chi connectivity index (χ2n) is 5.52. The molecule has 0 saturated carbocycles. The number of anilines is 1. The normalized spacial score (nSPS) is 21.5. The van der Waals surface area contributed by atoms with Gasteiger partial charge in [0.2, 0.25) is 5.91 Å². The minimum absolute atomic E-state index is 0.176. The second kappa shape index (κ2) is 5.60. The van der Waals surface area contributed by atoms with Gasteiger partial charge in [0, 0.05) is 17.9 Å². The van der Waals surface area contributed by atoms with Crippen molar-refractivity contribution in [1.29, 1.82) is 0 Å². The molecular weight excluding hydrogens is 266 g/mol.